The second-order valence-corrected chi connectivity index (χ2v) is 7.76. The molecule has 0 spiro atoms. The molecule has 2 heterocycles. The summed E-state index contributed by atoms with van der Waals surface area (Å²) in [4.78, 5) is 29.9. The number of aryl methyl sites for hydroxylation is 1. The fraction of sp³-hybridized carbons (Fsp3) is 0.500. The summed E-state index contributed by atoms with van der Waals surface area (Å²) in [6.45, 7) is 4.85. The van der Waals surface area contributed by atoms with Gasteiger partial charge in [-0.15, -0.1) is 0 Å². The maximum Gasteiger partial charge on any atom is 0.254 e. The van der Waals surface area contributed by atoms with Gasteiger partial charge in [-0.25, -0.2) is 0 Å². The normalized spacial score (nSPS) is 12.1. The quantitative estimate of drug-likeness (QED) is 0.428. The molecule has 0 atom stereocenters. The Bertz CT molecular complexity index is 929. The Morgan fingerprint density at radius 3 is 2.64 bits per heavy atom. The Morgan fingerprint density at radius 1 is 1.09 bits per heavy atom. The third-order valence-corrected chi connectivity index (χ3v) is 5.48. The summed E-state index contributed by atoms with van der Waals surface area (Å²) < 4.78 is 23.4. The Balaban J connectivity index is 1.74. The highest BCUT2D eigenvalue weighted by Gasteiger charge is 2.24. The Morgan fingerprint density at radius 2 is 1.91 bits per heavy atom. The summed E-state index contributed by atoms with van der Waals surface area (Å²) in [5.74, 6) is 0.771. The van der Waals surface area contributed by atoms with Gasteiger partial charge < -0.3 is 33.3 Å². The molecule has 2 amide bonds. The Hall–Kier alpha value is -3.04. The fourth-order valence-corrected chi connectivity index (χ4v) is 3.58. The molecule has 1 aromatic carbocycles. The summed E-state index contributed by atoms with van der Waals surface area (Å²) in [5, 5.41) is 0. The van der Waals surface area contributed by atoms with Crippen molar-refractivity contribution in [1.29, 1.82) is 0 Å². The lowest BCUT2D eigenvalue weighted by atomic mass is 10.1. The molecule has 2 aromatic rings. The van der Waals surface area contributed by atoms with E-state index in [1.54, 1.807) is 35.1 Å². The predicted molar refractivity (Wildman–Crippen MR) is 122 cm³/mol. The van der Waals surface area contributed by atoms with E-state index in [1.807, 2.05) is 36.9 Å². The number of carbonyl (C=O) groups excluding carboxylic acids is 2. The molecule has 1 aliphatic rings. The summed E-state index contributed by atoms with van der Waals surface area (Å²) >= 11 is 0. The largest absolute Gasteiger partial charge is 0.454 e. The molecule has 0 N–H and O–H groups in total. The zero-order chi connectivity index (χ0) is 23.6. The monoisotopic (exact) mass is 459 g/mol. The van der Waals surface area contributed by atoms with Crippen LogP contribution in [-0.2, 0) is 27.9 Å². The van der Waals surface area contributed by atoms with Gasteiger partial charge in [0.25, 0.3) is 5.91 Å². The van der Waals surface area contributed by atoms with Crippen molar-refractivity contribution >= 4 is 11.8 Å². The number of ether oxygens (including phenoxy) is 4. The molecule has 180 valence electrons. The maximum atomic E-state index is 13.3. The van der Waals surface area contributed by atoms with Gasteiger partial charge in [0.2, 0.25) is 12.7 Å². The van der Waals surface area contributed by atoms with E-state index in [4.69, 9.17) is 18.9 Å². The predicted octanol–water partition coefficient (Wildman–Crippen LogP) is 2.30. The molecule has 9 nitrogen and oxygen atoms in total. The second-order valence-electron chi connectivity index (χ2n) is 7.76. The van der Waals surface area contributed by atoms with Crippen LogP contribution in [0.4, 0.5) is 0 Å². The van der Waals surface area contributed by atoms with Crippen LogP contribution in [0.1, 0.15) is 29.4 Å². The molecule has 0 bridgehead atoms. The van der Waals surface area contributed by atoms with Crippen molar-refractivity contribution in [1.82, 2.24) is 14.4 Å². The molecule has 0 aliphatic carbocycles. The molecule has 0 saturated carbocycles. The van der Waals surface area contributed by atoms with Crippen molar-refractivity contribution in [2.24, 2.45) is 7.05 Å². The number of benzene rings is 1. The molecule has 0 radical (unpaired) electrons. The lowest BCUT2D eigenvalue weighted by molar-refractivity contribution is -0.133. The summed E-state index contributed by atoms with van der Waals surface area (Å²) in [5.41, 5.74) is 1.46. The van der Waals surface area contributed by atoms with Crippen molar-refractivity contribution in [2.45, 2.75) is 19.9 Å². The third kappa shape index (κ3) is 6.72. The standard InChI is InChI=1S/C24H33N3O6/c1-4-31-13-6-11-27(24(29)19-8-9-21-22(15-19)33-18-32-21)17-23(28)26(12-14-30-3)16-20-7-5-10-25(20)2/h5,7-10,15H,4,6,11-14,16-18H2,1-3H3. The average molecular weight is 460 g/mol. The van der Waals surface area contributed by atoms with Crippen LogP contribution in [0, 0.1) is 0 Å². The minimum Gasteiger partial charge on any atom is -0.454 e. The lowest BCUT2D eigenvalue weighted by Crippen LogP contribution is -2.44. The van der Waals surface area contributed by atoms with E-state index < -0.39 is 0 Å². The van der Waals surface area contributed by atoms with Crippen LogP contribution in [0.25, 0.3) is 0 Å². The summed E-state index contributed by atoms with van der Waals surface area (Å²) in [6.07, 6.45) is 2.57. The molecule has 0 fully saturated rings. The first kappa shape index (κ1) is 24.6. The first-order valence-electron chi connectivity index (χ1n) is 11.2. The smallest absolute Gasteiger partial charge is 0.254 e. The number of fused-ring (bicyclic) bond motifs is 1. The molecule has 3 rings (SSSR count). The van der Waals surface area contributed by atoms with Gasteiger partial charge in [0.1, 0.15) is 6.54 Å². The van der Waals surface area contributed by atoms with Crippen molar-refractivity contribution < 1.29 is 28.5 Å². The molecule has 1 aliphatic heterocycles. The van der Waals surface area contributed by atoms with Crippen molar-refractivity contribution in [2.75, 3.05) is 53.4 Å². The first-order valence-corrected chi connectivity index (χ1v) is 11.2. The zero-order valence-corrected chi connectivity index (χ0v) is 19.6. The van der Waals surface area contributed by atoms with Crippen molar-refractivity contribution in [3.63, 3.8) is 0 Å². The summed E-state index contributed by atoms with van der Waals surface area (Å²) in [6, 6.07) is 9.00. The highest BCUT2D eigenvalue weighted by Crippen LogP contribution is 2.32. The molecular formula is C24H33N3O6. The van der Waals surface area contributed by atoms with Crippen LogP contribution in [0.5, 0.6) is 11.5 Å². The number of methoxy groups -OCH3 is 1. The van der Waals surface area contributed by atoms with Crippen LogP contribution in [-0.4, -0.2) is 79.5 Å². The molecular weight excluding hydrogens is 426 g/mol. The van der Waals surface area contributed by atoms with E-state index in [9.17, 15) is 9.59 Å². The highest BCUT2D eigenvalue weighted by molar-refractivity contribution is 5.97. The number of amides is 2. The number of rotatable bonds is 13. The first-order chi connectivity index (χ1) is 16.0. The number of nitrogens with zero attached hydrogens (tertiary/aromatic N) is 3. The van der Waals surface area contributed by atoms with E-state index in [2.05, 4.69) is 0 Å². The third-order valence-electron chi connectivity index (χ3n) is 5.48. The van der Waals surface area contributed by atoms with Crippen LogP contribution in [0.2, 0.25) is 0 Å². The van der Waals surface area contributed by atoms with Crippen LogP contribution in [0.3, 0.4) is 0 Å². The SMILES string of the molecule is CCOCCCN(CC(=O)N(CCOC)Cc1cccn1C)C(=O)c1ccc2c(c1)OCO2. The van der Waals surface area contributed by atoms with Gasteiger partial charge in [-0.1, -0.05) is 0 Å². The number of aromatic nitrogens is 1. The topological polar surface area (TPSA) is 82.5 Å². The Kier molecular flexibility index (Phi) is 9.14. The molecule has 1 aromatic heterocycles. The van der Waals surface area contributed by atoms with Crippen LogP contribution in [0.15, 0.2) is 36.5 Å². The minimum atomic E-state index is -0.233. The summed E-state index contributed by atoms with van der Waals surface area (Å²) in [7, 11) is 3.55. The minimum absolute atomic E-state index is 0.0342. The zero-order valence-electron chi connectivity index (χ0n) is 19.6. The van der Waals surface area contributed by atoms with Gasteiger partial charge >= 0.3 is 0 Å². The van der Waals surface area contributed by atoms with Gasteiger partial charge in [0, 0.05) is 57.9 Å². The number of hydrogen-bond acceptors (Lipinski definition) is 6. The van der Waals surface area contributed by atoms with E-state index in [0.717, 1.165) is 5.69 Å². The molecule has 0 saturated heterocycles. The number of hydrogen-bond donors (Lipinski definition) is 0. The van der Waals surface area contributed by atoms with Crippen molar-refractivity contribution in [3.8, 4) is 11.5 Å². The van der Waals surface area contributed by atoms with E-state index in [-0.39, 0.29) is 25.2 Å². The van der Waals surface area contributed by atoms with Crippen molar-refractivity contribution in [3.05, 3.63) is 47.8 Å². The average Bonchev–Trinajstić information content (AvgIpc) is 3.46. The van der Waals surface area contributed by atoms with E-state index in [0.29, 0.717) is 62.9 Å². The fourth-order valence-electron chi connectivity index (χ4n) is 3.58. The second kappa shape index (κ2) is 12.3. The van der Waals surface area contributed by atoms with Crippen LogP contribution < -0.4 is 9.47 Å². The molecule has 33 heavy (non-hydrogen) atoms. The van der Waals surface area contributed by atoms with Gasteiger partial charge in [-0.3, -0.25) is 9.59 Å². The number of carbonyl (C=O) groups is 2. The van der Waals surface area contributed by atoms with E-state index in [1.165, 1.54) is 0 Å². The van der Waals surface area contributed by atoms with Gasteiger partial charge in [0.15, 0.2) is 11.5 Å². The Labute approximate surface area is 194 Å². The molecule has 0 unspecified atom stereocenters. The van der Waals surface area contributed by atoms with Gasteiger partial charge in [0.05, 0.1) is 13.2 Å². The highest BCUT2D eigenvalue weighted by atomic mass is 16.7. The molecule has 9 heteroatoms. The maximum absolute atomic E-state index is 13.3. The van der Waals surface area contributed by atoms with Gasteiger partial charge in [-0.2, -0.15) is 0 Å². The van der Waals surface area contributed by atoms with Gasteiger partial charge in [-0.05, 0) is 43.7 Å². The lowest BCUT2D eigenvalue weighted by Gasteiger charge is -2.28. The van der Waals surface area contributed by atoms with E-state index >= 15 is 0 Å². The van der Waals surface area contributed by atoms with Crippen LogP contribution >= 0.6 is 0 Å².